The number of carbonyl (C=O) groups is 1. The number of benzene rings is 1. The van der Waals surface area contributed by atoms with Gasteiger partial charge in [0, 0.05) is 11.6 Å². The van der Waals surface area contributed by atoms with Crippen molar-refractivity contribution in [1.82, 2.24) is 4.98 Å². The van der Waals surface area contributed by atoms with Crippen molar-refractivity contribution in [1.29, 1.82) is 0 Å². The lowest BCUT2D eigenvalue weighted by molar-refractivity contribution is -0.130. The largest absolute Gasteiger partial charge is 0.423 e. The van der Waals surface area contributed by atoms with Gasteiger partial charge < -0.3 is 9.15 Å². The Morgan fingerprint density at radius 2 is 2.25 bits per heavy atom. The highest BCUT2D eigenvalue weighted by molar-refractivity contribution is 5.89. The fourth-order valence-electron chi connectivity index (χ4n) is 1.19. The third kappa shape index (κ3) is 1.88. The molecule has 5 heteroatoms. The lowest BCUT2D eigenvalue weighted by Gasteiger charge is -2.02. The molecular formula is C11H9NO4. The average molecular weight is 219 g/mol. The molecule has 2 rings (SSSR count). The van der Waals surface area contributed by atoms with Crippen LogP contribution in [-0.4, -0.2) is 11.0 Å². The quantitative estimate of drug-likeness (QED) is 0.473. The summed E-state index contributed by atoms with van der Waals surface area (Å²) in [6.45, 7) is 5.02. The summed E-state index contributed by atoms with van der Waals surface area (Å²) < 4.78 is 9.80. The monoisotopic (exact) mass is 219 g/mol. The van der Waals surface area contributed by atoms with Gasteiger partial charge in [-0.1, -0.05) is 6.58 Å². The molecule has 0 amide bonds. The summed E-state index contributed by atoms with van der Waals surface area (Å²) in [6.07, 6.45) is 0. The average Bonchev–Trinajstić information content (AvgIpc) is 2.57. The van der Waals surface area contributed by atoms with E-state index < -0.39 is 11.7 Å². The Morgan fingerprint density at radius 3 is 2.94 bits per heavy atom. The lowest BCUT2D eigenvalue weighted by atomic mass is 10.3. The Labute approximate surface area is 90.3 Å². The van der Waals surface area contributed by atoms with Crippen LogP contribution in [0, 0.1) is 0 Å². The second kappa shape index (κ2) is 3.69. The molecule has 0 fully saturated rings. The number of aromatic nitrogens is 1. The zero-order valence-electron chi connectivity index (χ0n) is 8.57. The maximum absolute atomic E-state index is 11.2. The van der Waals surface area contributed by atoms with Gasteiger partial charge in [-0.25, -0.2) is 9.59 Å². The number of ether oxygens (including phenoxy) is 1. The topological polar surface area (TPSA) is 72.3 Å². The fourth-order valence-corrected chi connectivity index (χ4v) is 1.19. The molecule has 1 aromatic carbocycles. The molecule has 1 aromatic heterocycles. The van der Waals surface area contributed by atoms with Gasteiger partial charge in [0.05, 0.1) is 5.52 Å². The highest BCUT2D eigenvalue weighted by atomic mass is 16.5. The van der Waals surface area contributed by atoms with Crippen LogP contribution in [0.1, 0.15) is 6.92 Å². The molecule has 82 valence electrons. The van der Waals surface area contributed by atoms with Crippen LogP contribution in [0.25, 0.3) is 11.1 Å². The van der Waals surface area contributed by atoms with E-state index >= 15 is 0 Å². The number of fused-ring (bicyclic) bond motifs is 1. The van der Waals surface area contributed by atoms with Gasteiger partial charge in [-0.3, -0.25) is 4.98 Å². The first-order valence-electron chi connectivity index (χ1n) is 4.57. The summed E-state index contributed by atoms with van der Waals surface area (Å²) in [5.41, 5.74) is 1.21. The van der Waals surface area contributed by atoms with Crippen LogP contribution in [0.3, 0.4) is 0 Å². The van der Waals surface area contributed by atoms with E-state index in [1.807, 2.05) is 0 Å². The van der Waals surface area contributed by atoms with Crippen molar-refractivity contribution < 1.29 is 13.9 Å². The van der Waals surface area contributed by atoms with Crippen LogP contribution in [-0.2, 0) is 4.79 Å². The highest BCUT2D eigenvalue weighted by Gasteiger charge is 2.07. The zero-order valence-corrected chi connectivity index (χ0v) is 8.57. The normalized spacial score (nSPS) is 10.3. The molecule has 1 N–H and O–H groups in total. The van der Waals surface area contributed by atoms with Crippen LogP contribution >= 0.6 is 0 Å². The van der Waals surface area contributed by atoms with E-state index in [0.29, 0.717) is 22.4 Å². The molecule has 0 aliphatic carbocycles. The van der Waals surface area contributed by atoms with E-state index in [9.17, 15) is 9.59 Å². The number of hydrogen-bond acceptors (Lipinski definition) is 4. The summed E-state index contributed by atoms with van der Waals surface area (Å²) in [5, 5.41) is 0. The summed E-state index contributed by atoms with van der Waals surface area (Å²) in [4.78, 5) is 24.6. The van der Waals surface area contributed by atoms with Gasteiger partial charge in [-0.2, -0.15) is 0 Å². The van der Waals surface area contributed by atoms with E-state index in [4.69, 9.17) is 9.15 Å². The van der Waals surface area contributed by atoms with Crippen molar-refractivity contribution in [2.45, 2.75) is 6.92 Å². The number of esters is 1. The Kier molecular flexibility index (Phi) is 2.36. The summed E-state index contributed by atoms with van der Waals surface area (Å²) in [6, 6.07) is 4.61. The smallest absolute Gasteiger partial charge is 0.417 e. The van der Waals surface area contributed by atoms with Crippen molar-refractivity contribution in [2.75, 3.05) is 0 Å². The number of aromatic amines is 1. The van der Waals surface area contributed by atoms with Crippen LogP contribution in [0.15, 0.2) is 39.6 Å². The first kappa shape index (κ1) is 10.2. The van der Waals surface area contributed by atoms with Gasteiger partial charge in [0.1, 0.15) is 5.75 Å². The molecule has 1 heterocycles. The number of carbonyl (C=O) groups excluding carboxylic acids is 1. The Bertz CT molecular complexity index is 620. The molecule has 16 heavy (non-hydrogen) atoms. The van der Waals surface area contributed by atoms with E-state index in [1.54, 1.807) is 19.1 Å². The van der Waals surface area contributed by atoms with Gasteiger partial charge in [0.2, 0.25) is 0 Å². The van der Waals surface area contributed by atoms with Crippen molar-refractivity contribution >= 4 is 17.1 Å². The van der Waals surface area contributed by atoms with Crippen LogP contribution in [0.5, 0.6) is 5.75 Å². The fraction of sp³-hybridized carbons (Fsp3) is 0.0909. The Balaban J connectivity index is 2.36. The predicted octanol–water partition coefficient (Wildman–Crippen LogP) is 1.60. The maximum atomic E-state index is 11.2. The molecule has 0 unspecified atom stereocenters. The van der Waals surface area contributed by atoms with Gasteiger partial charge in [0.25, 0.3) is 0 Å². The van der Waals surface area contributed by atoms with E-state index in [0.717, 1.165) is 0 Å². The third-order valence-electron chi connectivity index (χ3n) is 1.95. The second-order valence-electron chi connectivity index (χ2n) is 3.34. The van der Waals surface area contributed by atoms with Gasteiger partial charge >= 0.3 is 11.7 Å². The van der Waals surface area contributed by atoms with Crippen molar-refractivity contribution in [3.8, 4) is 5.75 Å². The minimum absolute atomic E-state index is 0.306. The number of nitrogens with one attached hydrogen (secondary N) is 1. The zero-order chi connectivity index (χ0) is 11.7. The Hall–Kier alpha value is -2.30. The molecule has 2 aromatic rings. The van der Waals surface area contributed by atoms with Crippen LogP contribution < -0.4 is 10.5 Å². The predicted molar refractivity (Wildman–Crippen MR) is 57.3 cm³/mol. The minimum Gasteiger partial charge on any atom is -0.423 e. The maximum Gasteiger partial charge on any atom is 0.417 e. The summed E-state index contributed by atoms with van der Waals surface area (Å²) in [7, 11) is 0. The van der Waals surface area contributed by atoms with Crippen LogP contribution in [0.2, 0.25) is 0 Å². The standard InChI is InChI=1S/C11H9NO4/c1-6(2)10(13)15-7-3-4-9-8(5-7)12-11(14)16-9/h3-5H,1H2,2H3,(H,12,14). The molecule has 0 aliphatic heterocycles. The molecular weight excluding hydrogens is 210 g/mol. The van der Waals surface area contributed by atoms with Gasteiger partial charge in [-0.05, 0) is 19.1 Å². The molecule has 0 saturated carbocycles. The summed E-state index contributed by atoms with van der Waals surface area (Å²) >= 11 is 0. The van der Waals surface area contributed by atoms with E-state index in [1.165, 1.54) is 6.07 Å². The van der Waals surface area contributed by atoms with Gasteiger partial charge in [-0.15, -0.1) is 0 Å². The minimum atomic E-state index is -0.543. The first-order valence-corrected chi connectivity index (χ1v) is 4.57. The number of hydrogen-bond donors (Lipinski definition) is 1. The second-order valence-corrected chi connectivity index (χ2v) is 3.34. The van der Waals surface area contributed by atoms with Crippen LogP contribution in [0.4, 0.5) is 0 Å². The Morgan fingerprint density at radius 1 is 1.50 bits per heavy atom. The molecule has 0 atom stereocenters. The molecule has 0 spiro atoms. The van der Waals surface area contributed by atoms with E-state index in [-0.39, 0.29) is 0 Å². The van der Waals surface area contributed by atoms with Crippen molar-refractivity contribution in [3.63, 3.8) is 0 Å². The van der Waals surface area contributed by atoms with Gasteiger partial charge in [0.15, 0.2) is 5.58 Å². The number of H-pyrrole nitrogens is 1. The SMILES string of the molecule is C=C(C)C(=O)Oc1ccc2oc(=O)[nH]c2c1. The molecule has 0 saturated heterocycles. The molecule has 0 aliphatic rings. The number of oxazole rings is 1. The lowest BCUT2D eigenvalue weighted by Crippen LogP contribution is -2.07. The number of rotatable bonds is 2. The third-order valence-corrected chi connectivity index (χ3v) is 1.95. The molecule has 0 bridgehead atoms. The van der Waals surface area contributed by atoms with E-state index in [2.05, 4.69) is 11.6 Å². The molecule has 5 nitrogen and oxygen atoms in total. The van der Waals surface area contributed by atoms with Crippen molar-refractivity contribution in [2.24, 2.45) is 0 Å². The summed E-state index contributed by atoms with van der Waals surface area (Å²) in [5.74, 6) is -0.721. The first-order chi connectivity index (χ1) is 7.56. The highest BCUT2D eigenvalue weighted by Crippen LogP contribution is 2.18. The molecule has 0 radical (unpaired) electrons. The van der Waals surface area contributed by atoms with Crippen molar-refractivity contribution in [3.05, 3.63) is 40.9 Å².